The number of hydrogen-bond donors (Lipinski definition) is 2. The minimum Gasteiger partial charge on any atom is -0.382 e. The van der Waals surface area contributed by atoms with Crippen LogP contribution in [0.4, 0.5) is 5.82 Å². The molecule has 0 atom stereocenters. The van der Waals surface area contributed by atoms with E-state index < -0.39 is 0 Å². The van der Waals surface area contributed by atoms with Crippen LogP contribution in [0, 0.1) is 6.92 Å². The van der Waals surface area contributed by atoms with Crippen molar-refractivity contribution >= 4 is 5.82 Å². The highest BCUT2D eigenvalue weighted by Crippen LogP contribution is 2.31. The summed E-state index contributed by atoms with van der Waals surface area (Å²) in [4.78, 5) is 8.70. The average Bonchev–Trinajstić information content (AvgIpc) is 2.57. The summed E-state index contributed by atoms with van der Waals surface area (Å²) in [5, 5.41) is 0. The van der Waals surface area contributed by atoms with Crippen molar-refractivity contribution in [1.29, 1.82) is 0 Å². The predicted octanol–water partition coefficient (Wildman–Crippen LogP) is 1.85. The Labute approximate surface area is 107 Å². The normalized spacial score (nSPS) is 11.8. The quantitative estimate of drug-likeness (QED) is 0.751. The number of rotatable bonds is 1. The van der Waals surface area contributed by atoms with Crippen LogP contribution >= 0.6 is 0 Å². The minimum absolute atomic E-state index is 0.156. The van der Waals surface area contributed by atoms with Gasteiger partial charge in [0.15, 0.2) is 5.82 Å². The summed E-state index contributed by atoms with van der Waals surface area (Å²) in [7, 11) is 0. The Morgan fingerprint density at radius 2 is 1.94 bits per heavy atom. The number of nitrogens with two attached hydrogens (primary N) is 2. The Morgan fingerprint density at radius 3 is 2.44 bits per heavy atom. The Morgan fingerprint density at radius 1 is 1.28 bits per heavy atom. The number of nitrogen functional groups attached to an aromatic ring is 2. The number of imidazole rings is 1. The van der Waals surface area contributed by atoms with Crippen LogP contribution in [0.15, 0.2) is 18.5 Å². The van der Waals surface area contributed by atoms with Gasteiger partial charge in [0.1, 0.15) is 11.5 Å². The van der Waals surface area contributed by atoms with Gasteiger partial charge in [-0.1, -0.05) is 20.8 Å². The van der Waals surface area contributed by atoms with E-state index in [0.29, 0.717) is 11.5 Å². The van der Waals surface area contributed by atoms with Gasteiger partial charge in [0.05, 0.1) is 0 Å². The molecule has 2 aromatic rings. The fourth-order valence-electron chi connectivity index (χ4n) is 1.88. The lowest BCUT2D eigenvalue weighted by Gasteiger charge is -2.17. The van der Waals surface area contributed by atoms with Gasteiger partial charge < -0.3 is 11.6 Å². The Kier molecular flexibility index (Phi) is 2.77. The number of pyridine rings is 1. The molecule has 2 rings (SSSR count). The first-order chi connectivity index (χ1) is 8.32. The van der Waals surface area contributed by atoms with Crippen molar-refractivity contribution in [2.45, 2.75) is 33.1 Å². The highest BCUT2D eigenvalue weighted by Gasteiger charge is 2.25. The molecule has 0 fully saturated rings. The maximum absolute atomic E-state index is 6.05. The maximum atomic E-state index is 6.05. The first kappa shape index (κ1) is 12.4. The van der Waals surface area contributed by atoms with Gasteiger partial charge in [-0.15, -0.1) is 0 Å². The van der Waals surface area contributed by atoms with E-state index in [1.54, 1.807) is 12.4 Å². The van der Waals surface area contributed by atoms with Crippen molar-refractivity contribution in [3.63, 3.8) is 0 Å². The highest BCUT2D eigenvalue weighted by atomic mass is 15.4. The molecule has 0 bridgehead atoms. The lowest BCUT2D eigenvalue weighted by Crippen LogP contribution is -2.24. The SMILES string of the molecule is Cc1ccncc1-c1nc(C(C)(C)C)n(N)c1N. The van der Waals surface area contributed by atoms with E-state index in [1.165, 1.54) is 4.68 Å². The van der Waals surface area contributed by atoms with Crippen LogP contribution in [0.1, 0.15) is 32.2 Å². The molecule has 18 heavy (non-hydrogen) atoms. The molecule has 0 radical (unpaired) electrons. The molecule has 0 amide bonds. The molecule has 96 valence electrons. The second-order valence-corrected chi connectivity index (χ2v) is 5.48. The van der Waals surface area contributed by atoms with Gasteiger partial charge in [-0.2, -0.15) is 0 Å². The van der Waals surface area contributed by atoms with Gasteiger partial charge >= 0.3 is 0 Å². The molecule has 0 aromatic carbocycles. The summed E-state index contributed by atoms with van der Waals surface area (Å²) in [6.07, 6.45) is 3.51. The number of anilines is 1. The third kappa shape index (κ3) is 1.92. The minimum atomic E-state index is -0.156. The number of aromatic nitrogens is 3. The van der Waals surface area contributed by atoms with Crippen LogP contribution in [-0.4, -0.2) is 14.6 Å². The van der Waals surface area contributed by atoms with E-state index in [9.17, 15) is 0 Å². The molecule has 0 saturated carbocycles. The zero-order chi connectivity index (χ0) is 13.5. The van der Waals surface area contributed by atoms with E-state index in [0.717, 1.165) is 17.0 Å². The summed E-state index contributed by atoms with van der Waals surface area (Å²) in [6, 6.07) is 1.93. The van der Waals surface area contributed by atoms with Crippen LogP contribution < -0.4 is 11.6 Å². The number of aryl methyl sites for hydroxylation is 1. The van der Waals surface area contributed by atoms with Gasteiger partial charge in [-0.25, -0.2) is 9.66 Å². The van der Waals surface area contributed by atoms with E-state index in [4.69, 9.17) is 11.6 Å². The summed E-state index contributed by atoms with van der Waals surface area (Å²) in [5.74, 6) is 7.22. The molecule has 0 saturated heterocycles. The lowest BCUT2D eigenvalue weighted by atomic mass is 9.96. The van der Waals surface area contributed by atoms with Crippen molar-refractivity contribution in [2.24, 2.45) is 0 Å². The fourth-order valence-corrected chi connectivity index (χ4v) is 1.88. The monoisotopic (exact) mass is 245 g/mol. The van der Waals surface area contributed by atoms with Crippen LogP contribution in [0.3, 0.4) is 0 Å². The van der Waals surface area contributed by atoms with Crippen molar-refractivity contribution in [3.8, 4) is 11.3 Å². The summed E-state index contributed by atoms with van der Waals surface area (Å²) < 4.78 is 1.46. The Balaban J connectivity index is 2.65. The van der Waals surface area contributed by atoms with Gasteiger partial charge in [0, 0.05) is 23.4 Å². The van der Waals surface area contributed by atoms with Crippen molar-refractivity contribution in [2.75, 3.05) is 11.6 Å². The maximum Gasteiger partial charge on any atom is 0.150 e. The summed E-state index contributed by atoms with van der Waals surface area (Å²) in [5.41, 5.74) is 8.60. The average molecular weight is 245 g/mol. The highest BCUT2D eigenvalue weighted by molar-refractivity contribution is 5.73. The molecular weight excluding hydrogens is 226 g/mol. The predicted molar refractivity (Wildman–Crippen MR) is 73.5 cm³/mol. The van der Waals surface area contributed by atoms with Crippen molar-refractivity contribution in [3.05, 3.63) is 29.8 Å². The lowest BCUT2D eigenvalue weighted by molar-refractivity contribution is 0.532. The molecular formula is C13H19N5. The third-order valence-electron chi connectivity index (χ3n) is 2.91. The van der Waals surface area contributed by atoms with Crippen molar-refractivity contribution in [1.82, 2.24) is 14.6 Å². The van der Waals surface area contributed by atoms with Crippen molar-refractivity contribution < 1.29 is 0 Å². The largest absolute Gasteiger partial charge is 0.382 e. The second kappa shape index (κ2) is 4.01. The first-order valence-corrected chi connectivity index (χ1v) is 5.87. The zero-order valence-electron chi connectivity index (χ0n) is 11.2. The summed E-state index contributed by atoms with van der Waals surface area (Å²) in [6.45, 7) is 8.16. The van der Waals surface area contributed by atoms with E-state index in [-0.39, 0.29) is 5.41 Å². The molecule has 4 N–H and O–H groups in total. The zero-order valence-corrected chi connectivity index (χ0v) is 11.2. The van der Waals surface area contributed by atoms with Gasteiger partial charge in [-0.05, 0) is 18.6 Å². The Hall–Kier alpha value is -2.04. The Bertz CT molecular complexity index is 578. The van der Waals surface area contributed by atoms with Crippen LogP contribution in [0.5, 0.6) is 0 Å². The van der Waals surface area contributed by atoms with E-state index in [2.05, 4.69) is 30.7 Å². The molecule has 0 aliphatic carbocycles. The fraction of sp³-hybridized carbons (Fsp3) is 0.385. The number of nitrogens with zero attached hydrogens (tertiary/aromatic N) is 3. The van der Waals surface area contributed by atoms with Gasteiger partial charge in [-0.3, -0.25) is 4.98 Å². The molecule has 0 aliphatic rings. The first-order valence-electron chi connectivity index (χ1n) is 5.87. The van der Waals surface area contributed by atoms with Crippen LogP contribution in [0.2, 0.25) is 0 Å². The topological polar surface area (TPSA) is 82.8 Å². The van der Waals surface area contributed by atoms with Crippen LogP contribution in [-0.2, 0) is 5.41 Å². The van der Waals surface area contributed by atoms with Gasteiger partial charge in [0.25, 0.3) is 0 Å². The molecule has 0 aliphatic heterocycles. The number of hydrogen-bond acceptors (Lipinski definition) is 4. The third-order valence-corrected chi connectivity index (χ3v) is 2.91. The van der Waals surface area contributed by atoms with Crippen LogP contribution in [0.25, 0.3) is 11.3 Å². The molecule has 2 heterocycles. The molecule has 5 heteroatoms. The van der Waals surface area contributed by atoms with E-state index >= 15 is 0 Å². The second-order valence-electron chi connectivity index (χ2n) is 5.48. The van der Waals surface area contributed by atoms with Gasteiger partial charge in [0.2, 0.25) is 0 Å². The standard InChI is InChI=1S/C13H19N5/c1-8-5-6-16-7-9(8)10-11(14)18(15)12(17-10)13(2,3)4/h5-7H,14-15H2,1-4H3. The molecule has 5 nitrogen and oxygen atoms in total. The molecule has 2 aromatic heterocycles. The molecule has 0 spiro atoms. The van der Waals surface area contributed by atoms with E-state index in [1.807, 2.05) is 13.0 Å². The smallest absolute Gasteiger partial charge is 0.150 e. The molecule has 0 unspecified atom stereocenters. The summed E-state index contributed by atoms with van der Waals surface area (Å²) >= 11 is 0.